The van der Waals surface area contributed by atoms with Crippen LogP contribution in [0.1, 0.15) is 0 Å². The molecule has 0 aliphatic rings. The lowest BCUT2D eigenvalue weighted by atomic mass is 10.1. The first kappa shape index (κ1) is 15.1. The highest BCUT2D eigenvalue weighted by atomic mass is 35.5. The van der Waals surface area contributed by atoms with E-state index in [1.165, 1.54) is 23.7 Å². The minimum absolute atomic E-state index is 0.326. The third kappa shape index (κ3) is 2.72. The van der Waals surface area contributed by atoms with E-state index in [0.29, 0.717) is 16.5 Å². The molecule has 0 aliphatic carbocycles. The Kier molecular flexibility index (Phi) is 3.88. The quantitative estimate of drug-likeness (QED) is 0.497. The van der Waals surface area contributed by atoms with Crippen molar-refractivity contribution in [2.75, 3.05) is 5.32 Å². The number of benzene rings is 2. The van der Waals surface area contributed by atoms with E-state index in [2.05, 4.69) is 15.3 Å². The number of nitrogens with one attached hydrogen (secondary N) is 1. The number of anilines is 2. The number of hydrogen-bond acceptors (Lipinski definition) is 4. The molecule has 0 bridgehead atoms. The molecule has 1 N–H and O–H groups in total. The molecule has 2 aromatic heterocycles. The van der Waals surface area contributed by atoms with Gasteiger partial charge in [0, 0.05) is 16.0 Å². The average Bonchev–Trinajstić information content (AvgIpc) is 3.03. The van der Waals surface area contributed by atoms with Crippen molar-refractivity contribution < 1.29 is 4.39 Å². The van der Waals surface area contributed by atoms with Gasteiger partial charge in [-0.05, 0) is 29.8 Å². The van der Waals surface area contributed by atoms with Crippen LogP contribution in [0.15, 0.2) is 60.2 Å². The van der Waals surface area contributed by atoms with Crippen LogP contribution in [-0.2, 0) is 0 Å². The van der Waals surface area contributed by atoms with Gasteiger partial charge in [0.15, 0.2) is 0 Å². The SMILES string of the molecule is Fc1ccccc1Nc1ncnc2scc(-c3ccc(Cl)cc3)c12. The van der Waals surface area contributed by atoms with Crippen LogP contribution < -0.4 is 5.32 Å². The molecule has 0 saturated carbocycles. The number of aromatic nitrogens is 2. The van der Waals surface area contributed by atoms with E-state index in [1.54, 1.807) is 18.2 Å². The number of para-hydroxylation sites is 1. The van der Waals surface area contributed by atoms with Gasteiger partial charge in [-0.2, -0.15) is 0 Å². The van der Waals surface area contributed by atoms with E-state index in [0.717, 1.165) is 21.3 Å². The molecular weight excluding hydrogens is 345 g/mol. The number of nitrogens with zero attached hydrogens (tertiary/aromatic N) is 2. The van der Waals surface area contributed by atoms with Crippen LogP contribution in [0, 0.1) is 5.82 Å². The van der Waals surface area contributed by atoms with Crippen LogP contribution in [0.4, 0.5) is 15.9 Å². The van der Waals surface area contributed by atoms with Crippen LogP contribution in [0.25, 0.3) is 21.3 Å². The van der Waals surface area contributed by atoms with Crippen molar-refractivity contribution in [1.29, 1.82) is 0 Å². The van der Waals surface area contributed by atoms with E-state index in [9.17, 15) is 4.39 Å². The molecule has 2 heterocycles. The van der Waals surface area contributed by atoms with Crippen molar-refractivity contribution in [3.8, 4) is 11.1 Å². The molecule has 6 heteroatoms. The highest BCUT2D eigenvalue weighted by Crippen LogP contribution is 2.37. The van der Waals surface area contributed by atoms with Crippen LogP contribution in [-0.4, -0.2) is 9.97 Å². The average molecular weight is 356 g/mol. The third-order valence-electron chi connectivity index (χ3n) is 3.65. The van der Waals surface area contributed by atoms with Crippen molar-refractivity contribution in [3.63, 3.8) is 0 Å². The van der Waals surface area contributed by atoms with Gasteiger partial charge >= 0.3 is 0 Å². The zero-order valence-electron chi connectivity index (χ0n) is 12.3. The molecule has 4 rings (SSSR count). The molecule has 0 unspecified atom stereocenters. The van der Waals surface area contributed by atoms with Gasteiger partial charge in [-0.25, -0.2) is 14.4 Å². The lowest BCUT2D eigenvalue weighted by Crippen LogP contribution is -1.97. The summed E-state index contributed by atoms with van der Waals surface area (Å²) in [5.41, 5.74) is 2.38. The number of hydrogen-bond donors (Lipinski definition) is 1. The molecule has 3 nitrogen and oxygen atoms in total. The minimum Gasteiger partial charge on any atom is -0.337 e. The van der Waals surface area contributed by atoms with Crippen LogP contribution in [0.5, 0.6) is 0 Å². The summed E-state index contributed by atoms with van der Waals surface area (Å²) >= 11 is 7.50. The number of fused-ring (bicyclic) bond motifs is 1. The van der Waals surface area contributed by atoms with E-state index in [-0.39, 0.29) is 5.82 Å². The summed E-state index contributed by atoms with van der Waals surface area (Å²) in [6.45, 7) is 0. The van der Waals surface area contributed by atoms with E-state index in [4.69, 9.17) is 11.6 Å². The van der Waals surface area contributed by atoms with E-state index in [1.807, 2.05) is 29.6 Å². The second-order valence-corrected chi connectivity index (χ2v) is 6.46. The maximum absolute atomic E-state index is 14.0. The van der Waals surface area contributed by atoms with Gasteiger partial charge in [-0.15, -0.1) is 11.3 Å². The lowest BCUT2D eigenvalue weighted by molar-refractivity contribution is 0.632. The summed E-state index contributed by atoms with van der Waals surface area (Å²) < 4.78 is 14.0. The smallest absolute Gasteiger partial charge is 0.146 e. The summed E-state index contributed by atoms with van der Waals surface area (Å²) in [7, 11) is 0. The molecule has 4 aromatic rings. The third-order valence-corrected chi connectivity index (χ3v) is 4.79. The first-order chi connectivity index (χ1) is 11.7. The molecule has 0 atom stereocenters. The maximum atomic E-state index is 14.0. The first-order valence-corrected chi connectivity index (χ1v) is 8.48. The molecule has 0 aliphatic heterocycles. The van der Waals surface area contributed by atoms with E-state index >= 15 is 0 Å². The topological polar surface area (TPSA) is 37.8 Å². The zero-order chi connectivity index (χ0) is 16.5. The monoisotopic (exact) mass is 355 g/mol. The summed E-state index contributed by atoms with van der Waals surface area (Å²) in [6, 6.07) is 14.1. The molecular formula is C18H11ClFN3S. The van der Waals surface area contributed by atoms with Gasteiger partial charge in [0.2, 0.25) is 0 Å². The lowest BCUT2D eigenvalue weighted by Gasteiger charge is -2.09. The van der Waals surface area contributed by atoms with Gasteiger partial charge in [0.1, 0.15) is 22.8 Å². The fourth-order valence-electron chi connectivity index (χ4n) is 2.50. The van der Waals surface area contributed by atoms with Gasteiger partial charge in [0.05, 0.1) is 11.1 Å². The Labute approximate surface area is 146 Å². The Morgan fingerprint density at radius 3 is 2.58 bits per heavy atom. The van der Waals surface area contributed by atoms with Crippen molar-refractivity contribution >= 4 is 44.7 Å². The van der Waals surface area contributed by atoms with Gasteiger partial charge in [-0.3, -0.25) is 0 Å². The van der Waals surface area contributed by atoms with Crippen LogP contribution in [0.2, 0.25) is 5.02 Å². The molecule has 2 aromatic carbocycles. The second-order valence-electron chi connectivity index (χ2n) is 5.16. The molecule has 0 radical (unpaired) electrons. The summed E-state index contributed by atoms with van der Waals surface area (Å²) in [4.78, 5) is 9.47. The molecule has 0 spiro atoms. The van der Waals surface area contributed by atoms with Crippen LogP contribution >= 0.6 is 22.9 Å². The van der Waals surface area contributed by atoms with Gasteiger partial charge in [-0.1, -0.05) is 35.9 Å². The molecule has 0 fully saturated rings. The Hall–Kier alpha value is -2.50. The largest absolute Gasteiger partial charge is 0.337 e. The summed E-state index contributed by atoms with van der Waals surface area (Å²) in [6.07, 6.45) is 1.48. The molecule has 118 valence electrons. The number of rotatable bonds is 3. The minimum atomic E-state index is -0.326. The highest BCUT2D eigenvalue weighted by Gasteiger charge is 2.14. The normalized spacial score (nSPS) is 10.9. The van der Waals surface area contributed by atoms with E-state index < -0.39 is 0 Å². The van der Waals surface area contributed by atoms with Gasteiger partial charge in [0.25, 0.3) is 0 Å². The Morgan fingerprint density at radius 1 is 1.00 bits per heavy atom. The number of thiophene rings is 1. The Balaban J connectivity index is 1.86. The van der Waals surface area contributed by atoms with Crippen LogP contribution in [0.3, 0.4) is 0 Å². The van der Waals surface area contributed by atoms with Crippen molar-refractivity contribution in [2.24, 2.45) is 0 Å². The Bertz CT molecular complexity index is 1010. The summed E-state index contributed by atoms with van der Waals surface area (Å²) in [5.74, 6) is 0.254. The maximum Gasteiger partial charge on any atom is 0.146 e. The highest BCUT2D eigenvalue weighted by molar-refractivity contribution is 7.17. The Morgan fingerprint density at radius 2 is 1.79 bits per heavy atom. The van der Waals surface area contributed by atoms with Crippen molar-refractivity contribution in [3.05, 3.63) is 71.1 Å². The second kappa shape index (κ2) is 6.19. The predicted molar refractivity (Wildman–Crippen MR) is 97.5 cm³/mol. The number of halogens is 2. The van der Waals surface area contributed by atoms with Crippen molar-refractivity contribution in [1.82, 2.24) is 9.97 Å². The fraction of sp³-hybridized carbons (Fsp3) is 0. The molecule has 0 amide bonds. The zero-order valence-corrected chi connectivity index (χ0v) is 13.9. The standard InChI is InChI=1S/C18H11ClFN3S/c19-12-7-5-11(6-8-12)13-9-24-18-16(13)17(21-10-22-18)23-15-4-2-1-3-14(15)20/h1-10H,(H,21,22,23). The van der Waals surface area contributed by atoms with Gasteiger partial charge < -0.3 is 5.32 Å². The molecule has 24 heavy (non-hydrogen) atoms. The fourth-order valence-corrected chi connectivity index (χ4v) is 3.54. The first-order valence-electron chi connectivity index (χ1n) is 7.22. The summed E-state index contributed by atoms with van der Waals surface area (Å²) in [5, 5.41) is 6.65. The molecule has 0 saturated heterocycles. The van der Waals surface area contributed by atoms with Crippen molar-refractivity contribution in [2.45, 2.75) is 0 Å². The predicted octanol–water partition coefficient (Wildman–Crippen LogP) is 5.89.